The highest BCUT2D eigenvalue weighted by atomic mass is 16.6. The Labute approximate surface area is 158 Å². The van der Waals surface area contributed by atoms with E-state index in [9.17, 15) is 9.59 Å². The van der Waals surface area contributed by atoms with Crippen LogP contribution in [0.1, 0.15) is 25.0 Å². The van der Waals surface area contributed by atoms with Crippen molar-refractivity contribution in [2.24, 2.45) is 4.99 Å². The van der Waals surface area contributed by atoms with E-state index in [2.05, 4.69) is 4.99 Å². The molecule has 0 fully saturated rings. The largest absolute Gasteiger partial charge is 0.463 e. The van der Waals surface area contributed by atoms with E-state index in [-0.39, 0.29) is 13.2 Å². The average molecular weight is 363 g/mol. The molecule has 1 aliphatic heterocycles. The lowest BCUT2D eigenvalue weighted by Crippen LogP contribution is -2.47. The third-order valence-electron chi connectivity index (χ3n) is 4.26. The minimum absolute atomic E-state index is 0.137. The fraction of sp³-hybridized carbons (Fsp3) is 0.227. The van der Waals surface area contributed by atoms with Crippen molar-refractivity contribution in [3.8, 4) is 0 Å². The standard InChI is InChI=1S/C22H21NO4/c1-3-26-20(24)22(21(25)27-4-2)18(16-11-7-5-8-12-16)15-19(23-22)17-13-9-6-10-14-17/h5-15H,3-4H2,1-2H3. The number of esters is 2. The van der Waals surface area contributed by atoms with Gasteiger partial charge in [-0.2, -0.15) is 0 Å². The summed E-state index contributed by atoms with van der Waals surface area (Å²) in [6.07, 6.45) is 1.76. The lowest BCUT2D eigenvalue weighted by Gasteiger charge is -2.25. The summed E-state index contributed by atoms with van der Waals surface area (Å²) >= 11 is 0. The topological polar surface area (TPSA) is 65.0 Å². The summed E-state index contributed by atoms with van der Waals surface area (Å²) in [5, 5.41) is 0. The van der Waals surface area contributed by atoms with E-state index in [4.69, 9.17) is 9.47 Å². The number of benzene rings is 2. The second-order valence-electron chi connectivity index (χ2n) is 5.94. The maximum Gasteiger partial charge on any atom is 0.350 e. The molecule has 0 N–H and O–H groups in total. The first kappa shape index (κ1) is 18.6. The van der Waals surface area contributed by atoms with Gasteiger partial charge in [0.1, 0.15) is 0 Å². The smallest absolute Gasteiger partial charge is 0.350 e. The van der Waals surface area contributed by atoms with E-state index in [0.717, 1.165) is 5.56 Å². The number of rotatable bonds is 6. The van der Waals surface area contributed by atoms with Crippen molar-refractivity contribution in [3.63, 3.8) is 0 Å². The van der Waals surface area contributed by atoms with Gasteiger partial charge in [-0.1, -0.05) is 60.7 Å². The highest BCUT2D eigenvalue weighted by Crippen LogP contribution is 2.39. The lowest BCUT2D eigenvalue weighted by atomic mass is 9.86. The molecule has 2 aromatic rings. The molecule has 27 heavy (non-hydrogen) atoms. The molecule has 3 rings (SSSR count). The van der Waals surface area contributed by atoms with Crippen LogP contribution in [0.15, 0.2) is 71.7 Å². The van der Waals surface area contributed by atoms with Gasteiger partial charge in [0.25, 0.3) is 5.54 Å². The van der Waals surface area contributed by atoms with Crippen LogP contribution in [0.3, 0.4) is 0 Å². The van der Waals surface area contributed by atoms with Crippen LogP contribution >= 0.6 is 0 Å². The molecule has 0 atom stereocenters. The zero-order valence-corrected chi connectivity index (χ0v) is 15.3. The molecule has 0 radical (unpaired) electrons. The van der Waals surface area contributed by atoms with E-state index >= 15 is 0 Å². The molecule has 1 heterocycles. The van der Waals surface area contributed by atoms with Gasteiger partial charge in [0.05, 0.1) is 18.9 Å². The first-order chi connectivity index (χ1) is 13.1. The number of hydrogen-bond donors (Lipinski definition) is 0. The number of carbonyl (C=O) groups excluding carboxylic acids is 2. The summed E-state index contributed by atoms with van der Waals surface area (Å²) in [5.41, 5.74) is 0.655. The molecule has 0 saturated heterocycles. The Morgan fingerprint density at radius 3 is 1.78 bits per heavy atom. The zero-order chi connectivity index (χ0) is 19.3. The normalized spacial score (nSPS) is 14.9. The minimum atomic E-state index is -1.86. The van der Waals surface area contributed by atoms with Crippen LogP contribution in [0, 0.1) is 0 Å². The van der Waals surface area contributed by atoms with E-state index in [1.54, 1.807) is 19.9 Å². The molecule has 2 aromatic carbocycles. The first-order valence-electron chi connectivity index (χ1n) is 8.90. The molecule has 5 nitrogen and oxygen atoms in total. The van der Waals surface area contributed by atoms with Gasteiger partial charge in [0.2, 0.25) is 0 Å². The van der Waals surface area contributed by atoms with E-state index in [1.807, 2.05) is 60.7 Å². The predicted molar refractivity (Wildman–Crippen MR) is 103 cm³/mol. The third-order valence-corrected chi connectivity index (χ3v) is 4.26. The fourth-order valence-electron chi connectivity index (χ4n) is 3.05. The summed E-state index contributed by atoms with van der Waals surface area (Å²) in [7, 11) is 0. The zero-order valence-electron chi connectivity index (χ0n) is 15.3. The lowest BCUT2D eigenvalue weighted by molar-refractivity contribution is -0.160. The molecule has 0 unspecified atom stereocenters. The summed E-state index contributed by atoms with van der Waals surface area (Å²) in [4.78, 5) is 30.5. The van der Waals surface area contributed by atoms with Crippen molar-refractivity contribution in [3.05, 3.63) is 77.9 Å². The van der Waals surface area contributed by atoms with Crippen molar-refractivity contribution < 1.29 is 19.1 Å². The van der Waals surface area contributed by atoms with Crippen molar-refractivity contribution >= 4 is 23.2 Å². The van der Waals surface area contributed by atoms with Crippen molar-refractivity contribution in [2.45, 2.75) is 19.4 Å². The molecule has 0 aliphatic carbocycles. The quantitative estimate of drug-likeness (QED) is 0.583. The maximum atomic E-state index is 13.0. The molecule has 1 aliphatic rings. The van der Waals surface area contributed by atoms with Crippen LogP contribution in [-0.2, 0) is 19.1 Å². The Morgan fingerprint density at radius 1 is 0.815 bits per heavy atom. The van der Waals surface area contributed by atoms with Crippen LogP contribution in [-0.4, -0.2) is 36.4 Å². The van der Waals surface area contributed by atoms with Crippen molar-refractivity contribution in [1.29, 1.82) is 0 Å². The maximum absolute atomic E-state index is 13.0. The highest BCUT2D eigenvalue weighted by molar-refractivity contribution is 6.28. The molecule has 138 valence electrons. The number of carbonyl (C=O) groups is 2. The molecule has 0 saturated carbocycles. The van der Waals surface area contributed by atoms with Gasteiger partial charge in [-0.05, 0) is 31.1 Å². The molecule has 0 bridgehead atoms. The Balaban J connectivity index is 2.22. The van der Waals surface area contributed by atoms with Gasteiger partial charge in [0.15, 0.2) is 0 Å². The number of nitrogens with zero attached hydrogens (tertiary/aromatic N) is 1. The molecule has 5 heteroatoms. The Morgan fingerprint density at radius 2 is 1.30 bits per heavy atom. The molecule has 0 amide bonds. The predicted octanol–water partition coefficient (Wildman–Crippen LogP) is 3.44. The van der Waals surface area contributed by atoms with E-state index in [0.29, 0.717) is 16.8 Å². The third kappa shape index (κ3) is 3.40. The van der Waals surface area contributed by atoms with Gasteiger partial charge in [-0.3, -0.25) is 4.99 Å². The minimum Gasteiger partial charge on any atom is -0.463 e. The van der Waals surface area contributed by atoms with Gasteiger partial charge in [-0.25, -0.2) is 9.59 Å². The second kappa shape index (κ2) is 7.99. The van der Waals surface area contributed by atoms with Gasteiger partial charge < -0.3 is 9.47 Å². The number of aliphatic imine (C=N–C) groups is 1. The monoisotopic (exact) mass is 363 g/mol. The molecular formula is C22H21NO4. The number of allylic oxidation sites excluding steroid dienone is 1. The first-order valence-corrected chi connectivity index (χ1v) is 8.90. The number of hydrogen-bond acceptors (Lipinski definition) is 5. The van der Waals surface area contributed by atoms with Crippen molar-refractivity contribution in [2.75, 3.05) is 13.2 Å². The fourth-order valence-corrected chi connectivity index (χ4v) is 3.05. The summed E-state index contributed by atoms with van der Waals surface area (Å²) in [6, 6.07) is 18.6. The van der Waals surface area contributed by atoms with Gasteiger partial charge in [0, 0.05) is 5.57 Å². The second-order valence-corrected chi connectivity index (χ2v) is 5.94. The van der Waals surface area contributed by atoms with Crippen LogP contribution in [0.5, 0.6) is 0 Å². The Bertz CT molecular complexity index is 867. The van der Waals surface area contributed by atoms with E-state index in [1.165, 1.54) is 0 Å². The SMILES string of the molecule is CCOC(=O)C1(C(=O)OCC)N=C(c2ccccc2)C=C1c1ccccc1. The Kier molecular flexibility index (Phi) is 5.50. The van der Waals surface area contributed by atoms with Gasteiger partial charge >= 0.3 is 11.9 Å². The van der Waals surface area contributed by atoms with E-state index < -0.39 is 17.5 Å². The summed E-state index contributed by atoms with van der Waals surface area (Å²) in [5.74, 6) is -1.46. The molecular weight excluding hydrogens is 342 g/mol. The van der Waals surface area contributed by atoms with Crippen LogP contribution < -0.4 is 0 Å². The van der Waals surface area contributed by atoms with Crippen LogP contribution in [0.2, 0.25) is 0 Å². The van der Waals surface area contributed by atoms with Crippen LogP contribution in [0.4, 0.5) is 0 Å². The van der Waals surface area contributed by atoms with Crippen LogP contribution in [0.25, 0.3) is 5.57 Å². The summed E-state index contributed by atoms with van der Waals surface area (Å²) < 4.78 is 10.5. The van der Waals surface area contributed by atoms with Gasteiger partial charge in [-0.15, -0.1) is 0 Å². The average Bonchev–Trinajstić information content (AvgIpc) is 3.12. The molecule has 0 spiro atoms. The summed E-state index contributed by atoms with van der Waals surface area (Å²) in [6.45, 7) is 3.66. The highest BCUT2D eigenvalue weighted by Gasteiger charge is 2.55. The number of ether oxygens (including phenoxy) is 2. The molecule has 0 aromatic heterocycles. The van der Waals surface area contributed by atoms with Crippen molar-refractivity contribution in [1.82, 2.24) is 0 Å². The Hall–Kier alpha value is -3.21.